The van der Waals surface area contributed by atoms with Crippen LogP contribution in [0.5, 0.6) is 0 Å². The summed E-state index contributed by atoms with van der Waals surface area (Å²) in [6, 6.07) is 1.60. The van der Waals surface area contributed by atoms with E-state index in [1.807, 2.05) is 0 Å². The van der Waals surface area contributed by atoms with Crippen molar-refractivity contribution in [3.05, 3.63) is 33.6 Å². The maximum Gasteiger partial charge on any atom is 0.356 e. The largest absolute Gasteiger partial charge is 0.477 e. The summed E-state index contributed by atoms with van der Waals surface area (Å²) in [7, 11) is 1.06. The van der Waals surface area contributed by atoms with Crippen LogP contribution < -0.4 is 0 Å². The van der Waals surface area contributed by atoms with Crippen LogP contribution in [0.2, 0.25) is 0 Å². The minimum atomic E-state index is -1.46. The van der Waals surface area contributed by atoms with Crippen LogP contribution in [0.3, 0.4) is 0 Å². The number of rotatable bonds is 3. The Morgan fingerprint density at radius 2 is 2.00 bits per heavy atom. The van der Waals surface area contributed by atoms with Crippen LogP contribution in [-0.2, 0) is 4.74 Å². The van der Waals surface area contributed by atoms with Crippen molar-refractivity contribution in [3.63, 3.8) is 0 Å². The van der Waals surface area contributed by atoms with E-state index in [0.717, 1.165) is 19.2 Å². The molecule has 0 amide bonds. The first-order chi connectivity index (χ1) is 7.45. The lowest BCUT2D eigenvalue weighted by molar-refractivity contribution is -0.385. The number of hydrogen-bond acceptors (Lipinski definition) is 6. The van der Waals surface area contributed by atoms with Gasteiger partial charge in [0.15, 0.2) is 11.4 Å². The zero-order chi connectivity index (χ0) is 12.3. The average molecular weight is 226 g/mol. The molecule has 0 fully saturated rings. The van der Waals surface area contributed by atoms with Crippen LogP contribution in [-0.4, -0.2) is 34.1 Å². The summed E-state index contributed by atoms with van der Waals surface area (Å²) in [6.07, 6.45) is 0. The van der Waals surface area contributed by atoms with Gasteiger partial charge < -0.3 is 9.84 Å². The smallest absolute Gasteiger partial charge is 0.356 e. The van der Waals surface area contributed by atoms with E-state index in [-0.39, 0.29) is 0 Å². The van der Waals surface area contributed by atoms with Crippen molar-refractivity contribution in [2.24, 2.45) is 0 Å². The lowest BCUT2D eigenvalue weighted by Gasteiger charge is -2.00. The van der Waals surface area contributed by atoms with Crippen LogP contribution in [0.25, 0.3) is 0 Å². The molecule has 0 aliphatic heterocycles. The summed E-state index contributed by atoms with van der Waals surface area (Å²) >= 11 is 0. The highest BCUT2D eigenvalue weighted by Crippen LogP contribution is 2.14. The van der Waals surface area contributed by atoms with Gasteiger partial charge in [0.1, 0.15) is 0 Å². The molecule has 0 spiro atoms. The van der Waals surface area contributed by atoms with Gasteiger partial charge in [0.2, 0.25) is 0 Å². The first-order valence-electron chi connectivity index (χ1n) is 3.93. The Bertz CT molecular complexity index is 437. The molecule has 8 heteroatoms. The first kappa shape index (κ1) is 11.6. The molecule has 1 aromatic rings. The number of ether oxygens (including phenoxy) is 1. The van der Waals surface area contributed by atoms with E-state index in [9.17, 15) is 19.7 Å². The molecular weight excluding hydrogens is 220 g/mol. The second kappa shape index (κ2) is 4.34. The SMILES string of the molecule is COC(=O)c1cc([N+](=O)[O-])cc(C(=O)O)n1. The number of pyridine rings is 1. The highest BCUT2D eigenvalue weighted by atomic mass is 16.6. The molecule has 16 heavy (non-hydrogen) atoms. The molecule has 1 N–H and O–H groups in total. The van der Waals surface area contributed by atoms with Crippen LogP contribution in [0.4, 0.5) is 5.69 Å². The first-order valence-corrected chi connectivity index (χ1v) is 3.93. The molecular formula is C8H6N2O6. The summed E-state index contributed by atoms with van der Waals surface area (Å²) < 4.78 is 4.29. The van der Waals surface area contributed by atoms with Gasteiger partial charge in [-0.15, -0.1) is 0 Å². The van der Waals surface area contributed by atoms with Gasteiger partial charge in [-0.25, -0.2) is 14.6 Å². The molecule has 0 aliphatic rings. The summed E-state index contributed by atoms with van der Waals surface area (Å²) in [5, 5.41) is 19.1. The van der Waals surface area contributed by atoms with Crippen molar-refractivity contribution in [2.45, 2.75) is 0 Å². The molecule has 0 saturated carbocycles. The number of methoxy groups -OCH3 is 1. The van der Waals surface area contributed by atoms with E-state index in [2.05, 4.69) is 9.72 Å². The highest BCUT2D eigenvalue weighted by Gasteiger charge is 2.19. The van der Waals surface area contributed by atoms with Crippen molar-refractivity contribution in [1.82, 2.24) is 4.98 Å². The summed E-state index contributed by atoms with van der Waals surface area (Å²) in [4.78, 5) is 34.7. The fourth-order valence-electron chi connectivity index (χ4n) is 0.940. The molecule has 0 unspecified atom stereocenters. The number of hydrogen-bond donors (Lipinski definition) is 1. The number of nitro groups is 1. The van der Waals surface area contributed by atoms with Gasteiger partial charge in [-0.1, -0.05) is 0 Å². The Morgan fingerprint density at radius 1 is 1.44 bits per heavy atom. The van der Waals surface area contributed by atoms with Gasteiger partial charge in [-0.05, 0) is 0 Å². The highest BCUT2D eigenvalue weighted by molar-refractivity contribution is 5.91. The number of aromatic carboxylic acids is 1. The standard InChI is InChI=1S/C8H6N2O6/c1-16-8(13)6-3-4(10(14)15)2-5(9-6)7(11)12/h2-3H,1H3,(H,11,12). The molecule has 0 aliphatic carbocycles. The van der Waals surface area contributed by atoms with Crippen LogP contribution >= 0.6 is 0 Å². The Labute approximate surface area is 88.6 Å². The van der Waals surface area contributed by atoms with Gasteiger partial charge in [-0.3, -0.25) is 10.1 Å². The number of carbonyl (C=O) groups excluding carboxylic acids is 1. The number of carbonyl (C=O) groups is 2. The molecule has 8 nitrogen and oxygen atoms in total. The van der Waals surface area contributed by atoms with Gasteiger partial charge in [0.05, 0.1) is 12.0 Å². The third-order valence-electron chi connectivity index (χ3n) is 1.63. The topological polar surface area (TPSA) is 120 Å². The van der Waals surface area contributed by atoms with Crippen molar-refractivity contribution < 1.29 is 24.4 Å². The van der Waals surface area contributed by atoms with Gasteiger partial charge >= 0.3 is 11.9 Å². The number of carboxylic acids is 1. The van der Waals surface area contributed by atoms with E-state index < -0.39 is 33.9 Å². The second-order valence-corrected chi connectivity index (χ2v) is 2.65. The van der Waals surface area contributed by atoms with E-state index in [1.54, 1.807) is 0 Å². The summed E-state index contributed by atoms with van der Waals surface area (Å²) in [5.41, 5.74) is -1.54. The molecule has 0 saturated heterocycles. The minimum absolute atomic E-state index is 0.422. The predicted octanol–water partition coefficient (Wildman–Crippen LogP) is 0.475. The fourth-order valence-corrected chi connectivity index (χ4v) is 0.940. The van der Waals surface area contributed by atoms with E-state index in [0.29, 0.717) is 0 Å². The zero-order valence-electron chi connectivity index (χ0n) is 8.04. The third kappa shape index (κ3) is 2.29. The lowest BCUT2D eigenvalue weighted by Crippen LogP contribution is -2.10. The molecule has 1 heterocycles. The van der Waals surface area contributed by atoms with Crippen molar-refractivity contribution in [3.8, 4) is 0 Å². The average Bonchev–Trinajstić information content (AvgIpc) is 2.27. The molecule has 1 rings (SSSR count). The fraction of sp³-hybridized carbons (Fsp3) is 0.125. The number of esters is 1. The second-order valence-electron chi connectivity index (χ2n) is 2.65. The number of nitrogens with zero attached hydrogens (tertiary/aromatic N) is 2. The van der Waals surface area contributed by atoms with E-state index in [4.69, 9.17) is 5.11 Å². The van der Waals surface area contributed by atoms with E-state index in [1.165, 1.54) is 0 Å². The minimum Gasteiger partial charge on any atom is -0.477 e. The summed E-state index contributed by atoms with van der Waals surface area (Å²) in [6.45, 7) is 0. The molecule has 0 radical (unpaired) electrons. The van der Waals surface area contributed by atoms with Gasteiger partial charge in [0, 0.05) is 12.1 Å². The quantitative estimate of drug-likeness (QED) is 0.451. The van der Waals surface area contributed by atoms with Crippen molar-refractivity contribution in [2.75, 3.05) is 7.11 Å². The molecule has 84 valence electrons. The van der Waals surface area contributed by atoms with Crippen molar-refractivity contribution >= 4 is 17.6 Å². The maximum atomic E-state index is 11.1. The monoisotopic (exact) mass is 226 g/mol. The number of aromatic nitrogens is 1. The van der Waals surface area contributed by atoms with E-state index >= 15 is 0 Å². The maximum absolute atomic E-state index is 11.1. The van der Waals surface area contributed by atoms with Crippen molar-refractivity contribution in [1.29, 1.82) is 0 Å². The van der Waals surface area contributed by atoms with Crippen LogP contribution in [0.1, 0.15) is 21.0 Å². The normalized spacial score (nSPS) is 9.56. The summed E-state index contributed by atoms with van der Waals surface area (Å²) in [5.74, 6) is -2.40. The third-order valence-corrected chi connectivity index (χ3v) is 1.63. The predicted molar refractivity (Wildman–Crippen MR) is 49.2 cm³/mol. The van der Waals surface area contributed by atoms with Crippen LogP contribution in [0.15, 0.2) is 12.1 Å². The zero-order valence-corrected chi connectivity index (χ0v) is 8.04. The molecule has 0 bridgehead atoms. The van der Waals surface area contributed by atoms with Gasteiger partial charge in [-0.2, -0.15) is 0 Å². The van der Waals surface area contributed by atoms with Crippen LogP contribution in [0, 0.1) is 10.1 Å². The Morgan fingerprint density at radius 3 is 2.44 bits per heavy atom. The van der Waals surface area contributed by atoms with Gasteiger partial charge in [0.25, 0.3) is 5.69 Å². The Kier molecular flexibility index (Phi) is 3.14. The number of carboxylic acid groups (broad SMARTS) is 1. The molecule has 1 aromatic heterocycles. The molecule has 0 atom stereocenters. The molecule has 0 aromatic carbocycles. The Balaban J connectivity index is 3.35. The lowest BCUT2D eigenvalue weighted by atomic mass is 10.2. The Hall–Kier alpha value is -2.51.